The molecule has 0 aliphatic rings. The average molecular weight is 394 g/mol. The number of hydrogen-bond acceptors (Lipinski definition) is 6. The van der Waals surface area contributed by atoms with Crippen molar-refractivity contribution in [3.63, 3.8) is 0 Å². The van der Waals surface area contributed by atoms with E-state index < -0.39 is 17.6 Å². The molecule has 0 radical (unpaired) electrons. The number of aryl methyl sites for hydroxylation is 1. The number of carbonyl (C=O) groups is 2. The van der Waals surface area contributed by atoms with E-state index in [0.29, 0.717) is 35.4 Å². The number of hydrogen-bond donors (Lipinski definition) is 2. The molecule has 3 rings (SSSR count). The van der Waals surface area contributed by atoms with E-state index in [1.54, 1.807) is 48.5 Å². The number of hydrazine groups is 1. The number of carbonyl (C=O) groups excluding carboxylic acids is 2. The number of oxazole rings is 1. The highest BCUT2D eigenvalue weighted by molar-refractivity contribution is 5.82. The van der Waals surface area contributed by atoms with Crippen LogP contribution in [-0.2, 0) is 16.1 Å². The maximum absolute atomic E-state index is 11.9. The molecule has 1 aromatic heterocycles. The summed E-state index contributed by atoms with van der Waals surface area (Å²) < 4.78 is 11.9. The summed E-state index contributed by atoms with van der Waals surface area (Å²) >= 11 is 0. The van der Waals surface area contributed by atoms with Gasteiger partial charge in [-0.05, 0) is 42.8 Å². The first-order valence-electron chi connectivity index (χ1n) is 8.86. The first-order chi connectivity index (χ1) is 14.1. The summed E-state index contributed by atoms with van der Waals surface area (Å²) in [4.78, 5) is 35.5. The van der Waals surface area contributed by atoms with Crippen LogP contribution in [0.4, 0.5) is 0 Å². The fourth-order valence-corrected chi connectivity index (χ4v) is 2.64. The molecule has 2 N–H and O–H groups in total. The zero-order valence-electron chi connectivity index (χ0n) is 15.4. The first kappa shape index (κ1) is 19.7. The third-order valence-electron chi connectivity index (χ3n) is 4.05. The van der Waals surface area contributed by atoms with Crippen molar-refractivity contribution >= 4 is 22.9 Å². The Balaban J connectivity index is 1.38. The summed E-state index contributed by atoms with van der Waals surface area (Å²) in [5.41, 5.74) is 6.21. The van der Waals surface area contributed by atoms with Crippen molar-refractivity contribution in [2.45, 2.75) is 19.4 Å². The normalized spacial score (nSPS) is 10.3. The van der Waals surface area contributed by atoms with Gasteiger partial charge >= 0.3 is 5.76 Å². The minimum Gasteiger partial charge on any atom is -0.484 e. The van der Waals surface area contributed by atoms with Crippen molar-refractivity contribution in [3.05, 3.63) is 64.6 Å². The van der Waals surface area contributed by atoms with E-state index in [1.807, 2.05) is 6.07 Å². The molecule has 0 unspecified atom stereocenters. The van der Waals surface area contributed by atoms with Crippen LogP contribution in [0.15, 0.2) is 57.7 Å². The highest BCUT2D eigenvalue weighted by Gasteiger charge is 2.10. The van der Waals surface area contributed by atoms with Crippen molar-refractivity contribution in [1.82, 2.24) is 15.4 Å². The van der Waals surface area contributed by atoms with Gasteiger partial charge in [-0.1, -0.05) is 12.1 Å². The lowest BCUT2D eigenvalue weighted by atomic mass is 10.2. The molecule has 0 spiro atoms. The quantitative estimate of drug-likeness (QED) is 0.585. The first-order valence-corrected chi connectivity index (χ1v) is 8.86. The molecule has 29 heavy (non-hydrogen) atoms. The van der Waals surface area contributed by atoms with Gasteiger partial charge < -0.3 is 9.15 Å². The van der Waals surface area contributed by atoms with Gasteiger partial charge in [0.05, 0.1) is 17.1 Å². The van der Waals surface area contributed by atoms with Crippen LogP contribution in [0.25, 0.3) is 11.1 Å². The zero-order valence-corrected chi connectivity index (χ0v) is 15.4. The standard InChI is InChI=1S/C20H18N4O5/c21-12-14-7-9-15(10-8-14)28-13-19(26)23-22-18(25)6-3-11-24-16-4-1-2-5-17(16)29-20(24)27/h1-2,4-5,7-10H,3,6,11,13H2,(H,22,25)(H,23,26). The third kappa shape index (κ3) is 5.23. The van der Waals surface area contributed by atoms with Crippen LogP contribution in [0.5, 0.6) is 5.75 Å². The second kappa shape index (κ2) is 9.23. The highest BCUT2D eigenvalue weighted by Crippen LogP contribution is 2.12. The molecule has 0 bridgehead atoms. The molecule has 0 saturated carbocycles. The van der Waals surface area contributed by atoms with Crippen molar-refractivity contribution < 1.29 is 18.7 Å². The molecule has 2 aromatic carbocycles. The van der Waals surface area contributed by atoms with Gasteiger partial charge in [0.2, 0.25) is 5.91 Å². The highest BCUT2D eigenvalue weighted by atomic mass is 16.5. The van der Waals surface area contributed by atoms with E-state index >= 15 is 0 Å². The van der Waals surface area contributed by atoms with Crippen LogP contribution in [-0.4, -0.2) is 23.0 Å². The molecular weight excluding hydrogens is 376 g/mol. The molecule has 0 aliphatic heterocycles. The molecule has 2 amide bonds. The summed E-state index contributed by atoms with van der Waals surface area (Å²) in [7, 11) is 0. The predicted molar refractivity (Wildman–Crippen MR) is 103 cm³/mol. The Kier molecular flexibility index (Phi) is 6.27. The van der Waals surface area contributed by atoms with Crippen molar-refractivity contribution in [2.24, 2.45) is 0 Å². The number of para-hydroxylation sites is 2. The SMILES string of the molecule is N#Cc1ccc(OCC(=O)NNC(=O)CCCn2c(=O)oc3ccccc32)cc1. The molecule has 0 atom stereocenters. The number of aromatic nitrogens is 1. The Morgan fingerprint density at radius 3 is 2.55 bits per heavy atom. The van der Waals surface area contributed by atoms with Gasteiger partial charge in [0, 0.05) is 13.0 Å². The minimum atomic E-state index is -0.528. The Labute approximate surface area is 165 Å². The summed E-state index contributed by atoms with van der Waals surface area (Å²) in [5.74, 6) is -0.958. The second-order valence-electron chi connectivity index (χ2n) is 6.11. The van der Waals surface area contributed by atoms with Crippen molar-refractivity contribution in [3.8, 4) is 11.8 Å². The van der Waals surface area contributed by atoms with Gasteiger partial charge in [0.15, 0.2) is 12.2 Å². The Bertz CT molecular complexity index is 1110. The Hall–Kier alpha value is -4.06. The van der Waals surface area contributed by atoms with E-state index in [4.69, 9.17) is 14.4 Å². The topological polar surface area (TPSA) is 126 Å². The number of nitriles is 1. The van der Waals surface area contributed by atoms with E-state index in [-0.39, 0.29) is 13.0 Å². The number of benzene rings is 2. The van der Waals surface area contributed by atoms with Gasteiger partial charge in [0.25, 0.3) is 5.91 Å². The van der Waals surface area contributed by atoms with Gasteiger partial charge in [-0.3, -0.25) is 25.0 Å². The lowest BCUT2D eigenvalue weighted by Gasteiger charge is -2.09. The number of ether oxygens (including phenoxy) is 1. The number of nitrogens with zero attached hydrogens (tertiary/aromatic N) is 2. The van der Waals surface area contributed by atoms with Gasteiger partial charge in [-0.15, -0.1) is 0 Å². The number of amides is 2. The van der Waals surface area contributed by atoms with Crippen molar-refractivity contribution in [2.75, 3.05) is 6.61 Å². The van der Waals surface area contributed by atoms with Crippen LogP contribution in [0.1, 0.15) is 18.4 Å². The van der Waals surface area contributed by atoms with E-state index in [2.05, 4.69) is 10.9 Å². The number of fused-ring (bicyclic) bond motifs is 1. The monoisotopic (exact) mass is 394 g/mol. The zero-order chi connectivity index (χ0) is 20.6. The molecule has 0 aliphatic carbocycles. The van der Waals surface area contributed by atoms with Gasteiger partial charge in [0.1, 0.15) is 5.75 Å². The molecule has 148 valence electrons. The molecule has 3 aromatic rings. The van der Waals surface area contributed by atoms with E-state index in [1.165, 1.54) is 4.57 Å². The smallest absolute Gasteiger partial charge is 0.419 e. The van der Waals surface area contributed by atoms with E-state index in [0.717, 1.165) is 0 Å². The molecule has 0 saturated heterocycles. The maximum atomic E-state index is 11.9. The molecule has 9 nitrogen and oxygen atoms in total. The summed E-state index contributed by atoms with van der Waals surface area (Å²) in [5, 5.41) is 8.73. The lowest BCUT2D eigenvalue weighted by molar-refractivity contribution is -0.130. The van der Waals surface area contributed by atoms with Crippen LogP contribution in [0, 0.1) is 11.3 Å². The van der Waals surface area contributed by atoms with Crippen LogP contribution in [0.2, 0.25) is 0 Å². The fraction of sp³-hybridized carbons (Fsp3) is 0.200. The van der Waals surface area contributed by atoms with Gasteiger partial charge in [-0.25, -0.2) is 4.79 Å². The predicted octanol–water partition coefficient (Wildman–Crippen LogP) is 1.47. The third-order valence-corrected chi connectivity index (χ3v) is 4.05. The fourth-order valence-electron chi connectivity index (χ4n) is 2.64. The Morgan fingerprint density at radius 2 is 1.79 bits per heavy atom. The Morgan fingerprint density at radius 1 is 1.07 bits per heavy atom. The summed E-state index contributed by atoms with van der Waals surface area (Å²) in [6, 6.07) is 15.3. The summed E-state index contributed by atoms with van der Waals surface area (Å²) in [6.45, 7) is 0.0294. The van der Waals surface area contributed by atoms with Gasteiger partial charge in [-0.2, -0.15) is 5.26 Å². The molecule has 0 fully saturated rings. The van der Waals surface area contributed by atoms with Crippen LogP contribution in [0.3, 0.4) is 0 Å². The molecule has 9 heteroatoms. The molecular formula is C20H18N4O5. The van der Waals surface area contributed by atoms with Crippen molar-refractivity contribution in [1.29, 1.82) is 5.26 Å². The maximum Gasteiger partial charge on any atom is 0.419 e. The number of rotatable bonds is 7. The summed E-state index contributed by atoms with van der Waals surface area (Å²) in [6.07, 6.45) is 0.510. The largest absolute Gasteiger partial charge is 0.484 e. The van der Waals surface area contributed by atoms with E-state index in [9.17, 15) is 14.4 Å². The average Bonchev–Trinajstić information content (AvgIpc) is 3.06. The van der Waals surface area contributed by atoms with Crippen LogP contribution >= 0.6 is 0 Å². The van der Waals surface area contributed by atoms with Crippen LogP contribution < -0.4 is 21.3 Å². The minimum absolute atomic E-state index is 0.114. The lowest BCUT2D eigenvalue weighted by Crippen LogP contribution is -2.43. The molecule has 1 heterocycles. The number of nitrogens with one attached hydrogen (secondary N) is 2. The second-order valence-corrected chi connectivity index (χ2v) is 6.11.